The number of ether oxygens (including phenoxy) is 1. The van der Waals surface area contributed by atoms with Gasteiger partial charge in [0.25, 0.3) is 0 Å². The predicted octanol–water partition coefficient (Wildman–Crippen LogP) is 2.10. The average Bonchev–Trinajstić information content (AvgIpc) is 2.93. The fraction of sp³-hybridized carbons (Fsp3) is 0.576. The third-order valence-corrected chi connectivity index (χ3v) is 9.36. The topological polar surface area (TPSA) is 153 Å². The number of sulfone groups is 1. The van der Waals surface area contributed by atoms with Crippen LogP contribution in [0.5, 0.6) is 0 Å². The number of amides is 1. The number of nitrogens with zero attached hydrogens (tertiary/aromatic N) is 1. The third-order valence-electron chi connectivity index (χ3n) is 8.13. The standard InChI is InChI=1S/C33H48N2O8S/c1-21-10-15-24(30-28(38)27(37)29(39)31(43-30)44(6,41)42)19-25(21)18-23-13-11-22(12-14-23)8-7-9-26(36)20-33(2,3)32(40)34-16-17-35(4)5/h10-15,19,27-31,37-39H,7-9,16-18,20H2,1-6H3,(H,34,40)/t27-,28-,29+,30+,31-/m1/s1. The summed E-state index contributed by atoms with van der Waals surface area (Å²) in [5.41, 5.74) is 2.19. The molecule has 244 valence electrons. The second kappa shape index (κ2) is 15.1. The zero-order valence-electron chi connectivity index (χ0n) is 26.6. The van der Waals surface area contributed by atoms with Crippen LogP contribution in [0.4, 0.5) is 0 Å². The van der Waals surface area contributed by atoms with Crippen LogP contribution in [0.2, 0.25) is 0 Å². The number of ketones is 1. The zero-order valence-corrected chi connectivity index (χ0v) is 27.4. The molecule has 0 aromatic heterocycles. The van der Waals surface area contributed by atoms with Crippen molar-refractivity contribution >= 4 is 21.5 Å². The lowest BCUT2D eigenvalue weighted by Gasteiger charge is -2.40. The molecule has 0 unspecified atom stereocenters. The minimum Gasteiger partial charge on any atom is -0.387 e. The van der Waals surface area contributed by atoms with E-state index in [1.807, 2.05) is 62.3 Å². The summed E-state index contributed by atoms with van der Waals surface area (Å²) < 4.78 is 29.9. The number of benzene rings is 2. The molecule has 1 heterocycles. The quantitative estimate of drug-likeness (QED) is 0.245. The molecule has 10 nitrogen and oxygen atoms in total. The summed E-state index contributed by atoms with van der Waals surface area (Å²) in [6.45, 7) is 6.84. The van der Waals surface area contributed by atoms with E-state index < -0.39 is 45.1 Å². The Hall–Kier alpha value is -2.67. The van der Waals surface area contributed by atoms with Gasteiger partial charge in [-0.15, -0.1) is 0 Å². The first-order valence-corrected chi connectivity index (χ1v) is 17.0. The molecule has 2 aromatic rings. The number of rotatable bonds is 14. The van der Waals surface area contributed by atoms with E-state index in [-0.39, 0.29) is 18.1 Å². The highest BCUT2D eigenvalue weighted by Gasteiger charge is 2.48. The van der Waals surface area contributed by atoms with Crippen LogP contribution in [0.1, 0.15) is 67.0 Å². The summed E-state index contributed by atoms with van der Waals surface area (Å²) >= 11 is 0. The summed E-state index contributed by atoms with van der Waals surface area (Å²) in [7, 11) is 0.0284. The highest BCUT2D eigenvalue weighted by Crippen LogP contribution is 2.35. The normalized spacial score (nSPS) is 22.6. The molecule has 0 bridgehead atoms. The predicted molar refractivity (Wildman–Crippen MR) is 169 cm³/mol. The number of carbonyl (C=O) groups excluding carboxylic acids is 2. The van der Waals surface area contributed by atoms with E-state index >= 15 is 0 Å². The fourth-order valence-corrected chi connectivity index (χ4v) is 6.35. The first kappa shape index (κ1) is 35.8. The molecule has 0 saturated carbocycles. The zero-order chi connectivity index (χ0) is 32.8. The van der Waals surface area contributed by atoms with Gasteiger partial charge < -0.3 is 30.3 Å². The van der Waals surface area contributed by atoms with Crippen molar-refractivity contribution in [2.45, 2.75) is 82.7 Å². The van der Waals surface area contributed by atoms with Crippen molar-refractivity contribution in [1.29, 1.82) is 0 Å². The van der Waals surface area contributed by atoms with Gasteiger partial charge in [-0.3, -0.25) is 9.59 Å². The van der Waals surface area contributed by atoms with Crippen LogP contribution in [0.3, 0.4) is 0 Å². The smallest absolute Gasteiger partial charge is 0.226 e. The van der Waals surface area contributed by atoms with E-state index in [4.69, 9.17) is 4.74 Å². The fourth-order valence-electron chi connectivity index (χ4n) is 5.36. The molecule has 44 heavy (non-hydrogen) atoms. The molecule has 1 aliphatic heterocycles. The van der Waals surface area contributed by atoms with Gasteiger partial charge in [0.15, 0.2) is 15.3 Å². The van der Waals surface area contributed by atoms with Gasteiger partial charge in [-0.05, 0) is 68.1 Å². The molecule has 4 N–H and O–H groups in total. The molecule has 1 fully saturated rings. The van der Waals surface area contributed by atoms with Crippen LogP contribution in [0, 0.1) is 12.3 Å². The van der Waals surface area contributed by atoms with Crippen molar-refractivity contribution in [3.8, 4) is 0 Å². The number of likely N-dealkylation sites (N-methyl/N-ethyl adjacent to an activating group) is 1. The van der Waals surface area contributed by atoms with Gasteiger partial charge in [0.1, 0.15) is 30.2 Å². The minimum atomic E-state index is -3.85. The maximum absolute atomic E-state index is 12.6. The molecule has 11 heteroatoms. The molecule has 1 amide bonds. The first-order valence-electron chi connectivity index (χ1n) is 15.0. The summed E-state index contributed by atoms with van der Waals surface area (Å²) in [5.74, 6) is -0.0392. The Labute approximate surface area is 261 Å². The second-order valence-electron chi connectivity index (χ2n) is 12.9. The molecule has 1 aliphatic rings. The molecule has 0 spiro atoms. The molecule has 0 radical (unpaired) electrons. The second-order valence-corrected chi connectivity index (χ2v) is 15.0. The van der Waals surface area contributed by atoms with Crippen molar-refractivity contribution in [3.05, 3.63) is 70.3 Å². The molecule has 5 atom stereocenters. The number of carbonyl (C=O) groups is 2. The van der Waals surface area contributed by atoms with Crippen LogP contribution >= 0.6 is 0 Å². The highest BCUT2D eigenvalue weighted by molar-refractivity contribution is 7.91. The Kier molecular flexibility index (Phi) is 12.3. The molecule has 1 saturated heterocycles. The Morgan fingerprint density at radius 1 is 0.977 bits per heavy atom. The summed E-state index contributed by atoms with van der Waals surface area (Å²) in [5, 5.41) is 34.0. The first-order chi connectivity index (χ1) is 20.5. The molecular formula is C33H48N2O8S. The van der Waals surface area contributed by atoms with Gasteiger partial charge in [-0.25, -0.2) is 8.42 Å². The Bertz CT molecular complexity index is 1390. The molecule has 3 rings (SSSR count). The lowest BCUT2D eigenvalue weighted by Crippen LogP contribution is -2.56. The number of aliphatic hydroxyl groups is 3. The number of aliphatic hydroxyl groups excluding tert-OH is 3. The van der Waals surface area contributed by atoms with Crippen LogP contribution in [-0.2, 0) is 37.0 Å². The summed E-state index contributed by atoms with van der Waals surface area (Å²) in [6.07, 6.45) is -2.52. The number of hydrogen-bond donors (Lipinski definition) is 4. The SMILES string of the molecule is Cc1ccc([C@@H]2O[C@H](S(C)(=O)=O)[C@@H](O)[C@H](O)[C@H]2O)cc1Cc1ccc(CCCC(=O)CC(C)(C)C(=O)NCCN(C)C)cc1. The third kappa shape index (κ3) is 9.66. The Morgan fingerprint density at radius 3 is 2.23 bits per heavy atom. The highest BCUT2D eigenvalue weighted by atomic mass is 32.2. The minimum absolute atomic E-state index is 0.0710. The van der Waals surface area contributed by atoms with E-state index in [2.05, 4.69) is 5.32 Å². The van der Waals surface area contributed by atoms with Crippen molar-refractivity contribution in [2.24, 2.45) is 5.41 Å². The lowest BCUT2D eigenvalue weighted by molar-refractivity contribution is -0.202. The Morgan fingerprint density at radius 2 is 1.61 bits per heavy atom. The van der Waals surface area contributed by atoms with Gasteiger partial charge in [0.05, 0.1) is 5.41 Å². The van der Waals surface area contributed by atoms with Crippen molar-refractivity contribution in [3.63, 3.8) is 0 Å². The van der Waals surface area contributed by atoms with Gasteiger partial charge >= 0.3 is 0 Å². The van der Waals surface area contributed by atoms with Gasteiger partial charge in [-0.1, -0.05) is 56.3 Å². The van der Waals surface area contributed by atoms with Crippen molar-refractivity contribution in [2.75, 3.05) is 33.4 Å². The molecule has 2 aromatic carbocycles. The van der Waals surface area contributed by atoms with E-state index in [9.17, 15) is 33.3 Å². The number of Topliss-reactive ketones (excluding diaryl/α,β-unsaturated/α-hetero) is 1. The van der Waals surface area contributed by atoms with Crippen molar-refractivity contribution < 1.29 is 38.1 Å². The van der Waals surface area contributed by atoms with Crippen LogP contribution in [-0.4, -0.2) is 97.5 Å². The maximum Gasteiger partial charge on any atom is 0.226 e. The average molecular weight is 633 g/mol. The number of nitrogens with one attached hydrogen (secondary N) is 1. The largest absolute Gasteiger partial charge is 0.387 e. The van der Waals surface area contributed by atoms with Gasteiger partial charge in [0.2, 0.25) is 5.91 Å². The Balaban J connectivity index is 1.57. The van der Waals surface area contributed by atoms with E-state index in [0.717, 1.165) is 41.5 Å². The van der Waals surface area contributed by atoms with E-state index in [0.29, 0.717) is 31.4 Å². The van der Waals surface area contributed by atoms with Crippen LogP contribution in [0.15, 0.2) is 42.5 Å². The maximum atomic E-state index is 12.6. The molecule has 0 aliphatic carbocycles. The number of aryl methyl sites for hydroxylation is 2. The van der Waals surface area contributed by atoms with Gasteiger partial charge in [0, 0.05) is 32.2 Å². The summed E-state index contributed by atoms with van der Waals surface area (Å²) in [4.78, 5) is 27.1. The van der Waals surface area contributed by atoms with E-state index in [1.165, 1.54) is 0 Å². The van der Waals surface area contributed by atoms with Crippen LogP contribution in [0.25, 0.3) is 0 Å². The van der Waals surface area contributed by atoms with Crippen molar-refractivity contribution in [1.82, 2.24) is 10.2 Å². The van der Waals surface area contributed by atoms with E-state index in [1.54, 1.807) is 19.9 Å². The van der Waals surface area contributed by atoms with Gasteiger partial charge in [-0.2, -0.15) is 0 Å². The monoisotopic (exact) mass is 632 g/mol. The number of hydrogen-bond acceptors (Lipinski definition) is 9. The molecular weight excluding hydrogens is 584 g/mol. The summed E-state index contributed by atoms with van der Waals surface area (Å²) in [6, 6.07) is 13.5. The van der Waals surface area contributed by atoms with Crippen LogP contribution < -0.4 is 5.32 Å². The lowest BCUT2D eigenvalue weighted by atomic mass is 9.85.